The third-order valence-corrected chi connectivity index (χ3v) is 2.29. The highest BCUT2D eigenvalue weighted by atomic mass is 19.1. The van der Waals surface area contributed by atoms with Crippen molar-refractivity contribution in [1.82, 2.24) is 15.0 Å². The van der Waals surface area contributed by atoms with Gasteiger partial charge < -0.3 is 5.11 Å². The van der Waals surface area contributed by atoms with Gasteiger partial charge in [-0.2, -0.15) is 0 Å². The van der Waals surface area contributed by atoms with Crippen molar-refractivity contribution in [2.45, 2.75) is 13.3 Å². The van der Waals surface area contributed by atoms with Crippen LogP contribution in [0.25, 0.3) is 5.69 Å². The molecule has 0 saturated heterocycles. The molecule has 17 heavy (non-hydrogen) atoms. The zero-order valence-corrected chi connectivity index (χ0v) is 9.09. The Morgan fingerprint density at radius 3 is 2.94 bits per heavy atom. The largest absolute Gasteiger partial charge is 0.481 e. The molecule has 2 rings (SSSR count). The molecular weight excluding hydrogens is 225 g/mol. The molecule has 1 N–H and O–H groups in total. The summed E-state index contributed by atoms with van der Waals surface area (Å²) in [5.41, 5.74) is 1.29. The fourth-order valence-corrected chi connectivity index (χ4v) is 1.56. The van der Waals surface area contributed by atoms with E-state index in [1.165, 1.54) is 16.9 Å². The molecule has 6 heteroatoms. The molecule has 0 amide bonds. The number of hydrogen-bond donors (Lipinski definition) is 1. The second-order valence-corrected chi connectivity index (χ2v) is 3.63. The number of para-hydroxylation sites is 1. The number of hydrogen-bond acceptors (Lipinski definition) is 3. The molecule has 0 atom stereocenters. The minimum Gasteiger partial charge on any atom is -0.481 e. The number of aliphatic carboxylic acids is 1. The number of benzene rings is 1. The second kappa shape index (κ2) is 4.32. The highest BCUT2D eigenvalue weighted by Gasteiger charge is 2.11. The van der Waals surface area contributed by atoms with E-state index in [-0.39, 0.29) is 12.1 Å². The minimum absolute atomic E-state index is 0.229. The quantitative estimate of drug-likeness (QED) is 0.871. The molecule has 0 fully saturated rings. The van der Waals surface area contributed by atoms with Crippen LogP contribution in [-0.2, 0) is 11.2 Å². The molecule has 1 aromatic carbocycles. The van der Waals surface area contributed by atoms with Crippen molar-refractivity contribution in [2.24, 2.45) is 0 Å². The fraction of sp³-hybridized carbons (Fsp3) is 0.182. The third-order valence-electron chi connectivity index (χ3n) is 2.29. The highest BCUT2D eigenvalue weighted by Crippen LogP contribution is 2.16. The van der Waals surface area contributed by atoms with Gasteiger partial charge in [-0.15, -0.1) is 5.10 Å². The lowest BCUT2D eigenvalue weighted by Crippen LogP contribution is -2.01. The van der Waals surface area contributed by atoms with Crippen LogP contribution in [0.3, 0.4) is 0 Å². The van der Waals surface area contributed by atoms with Gasteiger partial charge >= 0.3 is 5.97 Å². The SMILES string of the molecule is Cc1cccc(F)c1-n1cc(CC(=O)O)nn1. The average molecular weight is 235 g/mol. The predicted molar refractivity (Wildman–Crippen MR) is 57.4 cm³/mol. The van der Waals surface area contributed by atoms with Gasteiger partial charge in [0.05, 0.1) is 18.3 Å². The molecule has 0 unspecified atom stereocenters. The summed E-state index contributed by atoms with van der Waals surface area (Å²) in [6.07, 6.45) is 1.19. The van der Waals surface area contributed by atoms with Gasteiger partial charge in [-0.05, 0) is 18.6 Å². The smallest absolute Gasteiger partial charge is 0.309 e. The van der Waals surface area contributed by atoms with E-state index < -0.39 is 11.8 Å². The number of carbonyl (C=O) groups is 1. The van der Waals surface area contributed by atoms with Gasteiger partial charge in [0.25, 0.3) is 0 Å². The molecule has 0 saturated carbocycles. The number of aromatic nitrogens is 3. The van der Waals surface area contributed by atoms with Crippen LogP contribution in [0.2, 0.25) is 0 Å². The first kappa shape index (κ1) is 11.3. The van der Waals surface area contributed by atoms with Gasteiger partial charge in [0.15, 0.2) is 0 Å². The fourth-order valence-electron chi connectivity index (χ4n) is 1.56. The van der Waals surface area contributed by atoms with E-state index in [1.807, 2.05) is 0 Å². The summed E-state index contributed by atoms with van der Waals surface area (Å²) in [6, 6.07) is 4.67. The molecule has 1 aromatic heterocycles. The maximum atomic E-state index is 13.6. The zero-order valence-electron chi connectivity index (χ0n) is 9.09. The molecule has 0 aliphatic carbocycles. The van der Waals surface area contributed by atoms with E-state index in [4.69, 9.17) is 5.11 Å². The lowest BCUT2D eigenvalue weighted by molar-refractivity contribution is -0.136. The average Bonchev–Trinajstić information content (AvgIpc) is 2.65. The first-order valence-electron chi connectivity index (χ1n) is 4.96. The van der Waals surface area contributed by atoms with Crippen LogP contribution in [0, 0.1) is 12.7 Å². The van der Waals surface area contributed by atoms with E-state index >= 15 is 0 Å². The molecule has 2 aromatic rings. The number of nitrogens with zero attached hydrogens (tertiary/aromatic N) is 3. The van der Waals surface area contributed by atoms with Crippen molar-refractivity contribution in [2.75, 3.05) is 0 Å². The van der Waals surface area contributed by atoms with Crippen molar-refractivity contribution in [1.29, 1.82) is 0 Å². The van der Waals surface area contributed by atoms with Crippen LogP contribution >= 0.6 is 0 Å². The summed E-state index contributed by atoms with van der Waals surface area (Å²) < 4.78 is 14.9. The normalized spacial score (nSPS) is 10.5. The monoisotopic (exact) mass is 235 g/mol. The number of halogens is 1. The van der Waals surface area contributed by atoms with Crippen LogP contribution in [-0.4, -0.2) is 26.1 Å². The molecule has 0 radical (unpaired) electrons. The van der Waals surface area contributed by atoms with Gasteiger partial charge in [0.2, 0.25) is 0 Å². The maximum absolute atomic E-state index is 13.6. The second-order valence-electron chi connectivity index (χ2n) is 3.63. The van der Waals surface area contributed by atoms with Gasteiger partial charge in [0, 0.05) is 0 Å². The zero-order chi connectivity index (χ0) is 12.4. The Morgan fingerprint density at radius 1 is 1.53 bits per heavy atom. The van der Waals surface area contributed by atoms with Crippen molar-refractivity contribution in [3.8, 4) is 5.69 Å². The molecule has 0 aliphatic rings. The Balaban J connectivity index is 2.40. The molecule has 0 aliphatic heterocycles. The van der Waals surface area contributed by atoms with E-state index in [1.54, 1.807) is 19.1 Å². The Bertz CT molecular complexity index is 545. The summed E-state index contributed by atoms with van der Waals surface area (Å²) >= 11 is 0. The number of aryl methyl sites for hydroxylation is 1. The number of carboxylic acid groups (broad SMARTS) is 1. The highest BCUT2D eigenvalue weighted by molar-refractivity contribution is 5.69. The first-order valence-corrected chi connectivity index (χ1v) is 4.96. The van der Waals surface area contributed by atoms with Crippen molar-refractivity contribution in [3.63, 3.8) is 0 Å². The molecule has 0 spiro atoms. The van der Waals surface area contributed by atoms with Gasteiger partial charge in [-0.25, -0.2) is 9.07 Å². The van der Waals surface area contributed by atoms with E-state index in [0.29, 0.717) is 11.3 Å². The summed E-state index contributed by atoms with van der Waals surface area (Å²) in [6.45, 7) is 1.75. The first-order chi connectivity index (χ1) is 8.08. The maximum Gasteiger partial charge on any atom is 0.309 e. The molecule has 1 heterocycles. The van der Waals surface area contributed by atoms with Crippen LogP contribution < -0.4 is 0 Å². The van der Waals surface area contributed by atoms with E-state index in [2.05, 4.69) is 10.3 Å². The van der Waals surface area contributed by atoms with Gasteiger partial charge in [-0.1, -0.05) is 17.3 Å². The van der Waals surface area contributed by atoms with Crippen LogP contribution in [0.1, 0.15) is 11.3 Å². The summed E-state index contributed by atoms with van der Waals surface area (Å²) in [5, 5.41) is 16.0. The standard InChI is InChI=1S/C11H10FN3O2/c1-7-3-2-4-9(12)11(7)15-6-8(13-14-15)5-10(16)17/h2-4,6H,5H2,1H3,(H,16,17). The Kier molecular flexibility index (Phi) is 2.86. The van der Waals surface area contributed by atoms with Crippen molar-refractivity contribution < 1.29 is 14.3 Å². The van der Waals surface area contributed by atoms with Crippen molar-refractivity contribution >= 4 is 5.97 Å². The Labute approximate surface area is 96.5 Å². The third kappa shape index (κ3) is 2.30. The van der Waals surface area contributed by atoms with Crippen LogP contribution in [0.15, 0.2) is 24.4 Å². The van der Waals surface area contributed by atoms with E-state index in [0.717, 1.165) is 0 Å². The van der Waals surface area contributed by atoms with Crippen LogP contribution in [0.4, 0.5) is 4.39 Å². The van der Waals surface area contributed by atoms with Crippen molar-refractivity contribution in [3.05, 3.63) is 41.5 Å². The lowest BCUT2D eigenvalue weighted by atomic mass is 10.2. The summed E-state index contributed by atoms with van der Waals surface area (Å²) in [7, 11) is 0. The summed E-state index contributed by atoms with van der Waals surface area (Å²) in [5.74, 6) is -1.42. The van der Waals surface area contributed by atoms with Gasteiger partial charge in [-0.3, -0.25) is 4.79 Å². The van der Waals surface area contributed by atoms with Gasteiger partial charge in [0.1, 0.15) is 11.5 Å². The Morgan fingerprint density at radius 2 is 2.29 bits per heavy atom. The molecule has 0 bridgehead atoms. The van der Waals surface area contributed by atoms with E-state index in [9.17, 15) is 9.18 Å². The van der Waals surface area contributed by atoms with Crippen LogP contribution in [0.5, 0.6) is 0 Å². The lowest BCUT2D eigenvalue weighted by Gasteiger charge is -2.05. The molecule has 88 valence electrons. The molecular formula is C11H10FN3O2. The number of rotatable bonds is 3. The predicted octanol–water partition coefficient (Wildman–Crippen LogP) is 1.34. The Hall–Kier alpha value is -2.24. The topological polar surface area (TPSA) is 68.0 Å². The molecule has 5 nitrogen and oxygen atoms in total. The summed E-state index contributed by atoms with van der Waals surface area (Å²) in [4.78, 5) is 10.5. The number of carboxylic acids is 1. The minimum atomic E-state index is -0.998.